The van der Waals surface area contributed by atoms with E-state index in [9.17, 15) is 9.18 Å². The van der Waals surface area contributed by atoms with Crippen molar-refractivity contribution in [2.75, 3.05) is 0 Å². The number of nitrogens with one attached hydrogen (secondary N) is 2. The molecule has 0 aliphatic heterocycles. The first-order valence-corrected chi connectivity index (χ1v) is 7.34. The monoisotopic (exact) mass is 336 g/mol. The number of hydrogen-bond acceptors (Lipinski definition) is 2. The summed E-state index contributed by atoms with van der Waals surface area (Å²) in [6.07, 6.45) is 0. The highest BCUT2D eigenvalue weighted by atomic mass is 35.5. The maximum atomic E-state index is 12.9. The molecule has 2 aromatic rings. The SMILES string of the molecule is Cc1ccc(C(=O)NC(=S)NCc2ccc(F)cc2Cl)cc1. The molecule has 2 rings (SSSR count). The van der Waals surface area contributed by atoms with Crippen LogP contribution in [0.1, 0.15) is 21.5 Å². The number of halogens is 2. The van der Waals surface area contributed by atoms with E-state index < -0.39 is 5.82 Å². The summed E-state index contributed by atoms with van der Waals surface area (Å²) in [5.41, 5.74) is 2.28. The lowest BCUT2D eigenvalue weighted by atomic mass is 10.1. The Morgan fingerprint density at radius 1 is 1.23 bits per heavy atom. The number of amides is 1. The zero-order valence-electron chi connectivity index (χ0n) is 11.8. The molecule has 0 aromatic heterocycles. The maximum Gasteiger partial charge on any atom is 0.257 e. The van der Waals surface area contributed by atoms with E-state index in [-0.39, 0.29) is 11.0 Å². The molecule has 6 heteroatoms. The second-order valence-corrected chi connectivity index (χ2v) is 5.55. The number of aryl methyl sites for hydroxylation is 1. The van der Waals surface area contributed by atoms with E-state index in [1.54, 1.807) is 18.2 Å². The van der Waals surface area contributed by atoms with Crippen molar-refractivity contribution in [3.8, 4) is 0 Å². The normalized spacial score (nSPS) is 10.1. The van der Waals surface area contributed by atoms with Crippen LogP contribution in [0.15, 0.2) is 42.5 Å². The minimum atomic E-state index is -0.399. The standard InChI is InChI=1S/C16H14ClFN2OS/c1-10-2-4-11(5-3-10)15(21)20-16(22)19-9-12-6-7-13(18)8-14(12)17/h2-8H,9H2,1H3,(H2,19,20,21,22). The van der Waals surface area contributed by atoms with E-state index in [0.717, 1.165) is 5.56 Å². The first-order valence-electron chi connectivity index (χ1n) is 6.55. The second kappa shape index (κ2) is 7.33. The van der Waals surface area contributed by atoms with Crippen molar-refractivity contribution in [2.45, 2.75) is 13.5 Å². The fraction of sp³-hybridized carbons (Fsp3) is 0.125. The zero-order valence-corrected chi connectivity index (χ0v) is 13.4. The highest BCUT2D eigenvalue weighted by Gasteiger charge is 2.08. The van der Waals surface area contributed by atoms with Gasteiger partial charge in [0.05, 0.1) is 0 Å². The van der Waals surface area contributed by atoms with E-state index in [1.165, 1.54) is 12.1 Å². The maximum absolute atomic E-state index is 12.9. The van der Waals surface area contributed by atoms with Gasteiger partial charge in [-0.2, -0.15) is 0 Å². The van der Waals surface area contributed by atoms with Gasteiger partial charge in [0.15, 0.2) is 5.11 Å². The van der Waals surface area contributed by atoms with Gasteiger partial charge >= 0.3 is 0 Å². The molecule has 0 unspecified atom stereocenters. The lowest BCUT2D eigenvalue weighted by molar-refractivity contribution is 0.0976. The molecule has 3 nitrogen and oxygen atoms in total. The van der Waals surface area contributed by atoms with Crippen LogP contribution in [0.3, 0.4) is 0 Å². The molecule has 2 aromatic carbocycles. The molecule has 0 aliphatic carbocycles. The molecule has 0 atom stereocenters. The molecule has 0 heterocycles. The van der Waals surface area contributed by atoms with Gasteiger partial charge in [-0.3, -0.25) is 10.1 Å². The third-order valence-corrected chi connectivity index (χ3v) is 3.59. The van der Waals surface area contributed by atoms with Gasteiger partial charge in [0.1, 0.15) is 5.82 Å². The number of hydrogen-bond donors (Lipinski definition) is 2. The molecule has 0 radical (unpaired) electrons. The number of thiocarbonyl (C=S) groups is 1. The molecule has 0 saturated carbocycles. The summed E-state index contributed by atoms with van der Waals surface area (Å²) >= 11 is 11.0. The molecule has 0 bridgehead atoms. The van der Waals surface area contributed by atoms with Crippen LogP contribution in [0.25, 0.3) is 0 Å². The summed E-state index contributed by atoms with van der Waals surface area (Å²) in [4.78, 5) is 12.0. The van der Waals surface area contributed by atoms with E-state index in [4.69, 9.17) is 23.8 Å². The topological polar surface area (TPSA) is 41.1 Å². The van der Waals surface area contributed by atoms with Crippen LogP contribution < -0.4 is 10.6 Å². The van der Waals surface area contributed by atoms with Gasteiger partial charge in [-0.05, 0) is 49.0 Å². The Kier molecular flexibility index (Phi) is 5.46. The van der Waals surface area contributed by atoms with Crippen LogP contribution in [0.5, 0.6) is 0 Å². The smallest absolute Gasteiger partial charge is 0.257 e. The van der Waals surface area contributed by atoms with Crippen molar-refractivity contribution >= 4 is 34.8 Å². The highest BCUT2D eigenvalue weighted by Crippen LogP contribution is 2.16. The zero-order chi connectivity index (χ0) is 16.1. The Labute approximate surface area is 138 Å². The minimum absolute atomic E-state index is 0.186. The predicted molar refractivity (Wildman–Crippen MR) is 89.5 cm³/mol. The first kappa shape index (κ1) is 16.4. The van der Waals surface area contributed by atoms with Crippen molar-refractivity contribution < 1.29 is 9.18 Å². The first-order chi connectivity index (χ1) is 10.5. The predicted octanol–water partition coefficient (Wildman–Crippen LogP) is 3.59. The molecule has 22 heavy (non-hydrogen) atoms. The third kappa shape index (κ3) is 4.51. The molecule has 1 amide bonds. The molecular formula is C16H14ClFN2OS. The molecule has 0 saturated heterocycles. The van der Waals surface area contributed by atoms with Gasteiger partial charge in [0, 0.05) is 17.1 Å². The Morgan fingerprint density at radius 3 is 2.55 bits per heavy atom. The van der Waals surface area contributed by atoms with Gasteiger partial charge in [-0.15, -0.1) is 0 Å². The van der Waals surface area contributed by atoms with E-state index in [2.05, 4.69) is 10.6 Å². The van der Waals surface area contributed by atoms with Crippen molar-refractivity contribution in [3.63, 3.8) is 0 Å². The lowest BCUT2D eigenvalue weighted by Gasteiger charge is -2.10. The summed E-state index contributed by atoms with van der Waals surface area (Å²) in [5.74, 6) is -0.688. The molecule has 0 spiro atoms. The Balaban J connectivity index is 1.90. The summed E-state index contributed by atoms with van der Waals surface area (Å²) in [5, 5.41) is 5.94. The van der Waals surface area contributed by atoms with Gasteiger partial charge in [-0.25, -0.2) is 4.39 Å². The Morgan fingerprint density at radius 2 is 1.91 bits per heavy atom. The average Bonchev–Trinajstić information content (AvgIpc) is 2.47. The van der Waals surface area contributed by atoms with Crippen LogP contribution in [0.4, 0.5) is 4.39 Å². The molecular weight excluding hydrogens is 323 g/mol. The molecule has 0 aliphatic rings. The number of carbonyl (C=O) groups is 1. The largest absolute Gasteiger partial charge is 0.358 e. The van der Waals surface area contributed by atoms with Crippen LogP contribution >= 0.6 is 23.8 Å². The summed E-state index contributed by atoms with van der Waals surface area (Å²) in [6, 6.07) is 11.3. The van der Waals surface area contributed by atoms with Crippen LogP contribution in [-0.4, -0.2) is 11.0 Å². The summed E-state index contributed by atoms with van der Waals surface area (Å²) in [6.45, 7) is 2.24. The molecule has 0 fully saturated rings. The van der Waals surface area contributed by atoms with Crippen LogP contribution in [0, 0.1) is 12.7 Å². The summed E-state index contributed by atoms with van der Waals surface area (Å²) < 4.78 is 12.9. The van der Waals surface area contributed by atoms with Gasteiger partial charge < -0.3 is 5.32 Å². The average molecular weight is 337 g/mol. The lowest BCUT2D eigenvalue weighted by Crippen LogP contribution is -2.38. The van der Waals surface area contributed by atoms with Crippen LogP contribution in [-0.2, 0) is 6.54 Å². The van der Waals surface area contributed by atoms with Crippen molar-refractivity contribution in [1.29, 1.82) is 0 Å². The fourth-order valence-corrected chi connectivity index (χ4v) is 2.16. The molecule has 2 N–H and O–H groups in total. The fourth-order valence-electron chi connectivity index (χ4n) is 1.76. The van der Waals surface area contributed by atoms with Crippen molar-refractivity contribution in [3.05, 3.63) is 70.0 Å². The van der Waals surface area contributed by atoms with E-state index in [1.807, 2.05) is 19.1 Å². The van der Waals surface area contributed by atoms with Gasteiger partial charge in [0.25, 0.3) is 5.91 Å². The highest BCUT2D eigenvalue weighted by molar-refractivity contribution is 7.80. The van der Waals surface area contributed by atoms with Gasteiger partial charge in [0.2, 0.25) is 0 Å². The van der Waals surface area contributed by atoms with Crippen LogP contribution in [0.2, 0.25) is 5.02 Å². The van der Waals surface area contributed by atoms with Crippen molar-refractivity contribution in [2.24, 2.45) is 0 Å². The van der Waals surface area contributed by atoms with Gasteiger partial charge in [-0.1, -0.05) is 35.4 Å². The second-order valence-electron chi connectivity index (χ2n) is 4.74. The third-order valence-electron chi connectivity index (χ3n) is 3.00. The van der Waals surface area contributed by atoms with E-state index in [0.29, 0.717) is 22.7 Å². The Bertz CT molecular complexity index is 704. The van der Waals surface area contributed by atoms with Crippen molar-refractivity contribution in [1.82, 2.24) is 10.6 Å². The summed E-state index contributed by atoms with van der Waals surface area (Å²) in [7, 11) is 0. The van der Waals surface area contributed by atoms with E-state index >= 15 is 0 Å². The Hall–Kier alpha value is -1.98. The minimum Gasteiger partial charge on any atom is -0.358 e. The number of carbonyl (C=O) groups excluding carboxylic acids is 1. The number of benzene rings is 2. The number of rotatable bonds is 3. The molecule has 114 valence electrons. The quantitative estimate of drug-likeness (QED) is 0.842.